The van der Waals surface area contributed by atoms with Crippen LogP contribution in [-0.2, 0) is 138 Å². The van der Waals surface area contributed by atoms with Crippen LogP contribution in [0.4, 0.5) is 0 Å². The van der Waals surface area contributed by atoms with Gasteiger partial charge in [0.15, 0.2) is 11.5 Å². The minimum Gasteiger partial charge on any atom is -0.496 e. The molecule has 0 aliphatic heterocycles. The molecule has 0 aliphatic rings. The Labute approximate surface area is 753 Å². The summed E-state index contributed by atoms with van der Waals surface area (Å²) in [4.78, 5) is 71.5. The minimum atomic E-state index is -3.74. The number of esters is 6. The number of halogens is 1. The van der Waals surface area contributed by atoms with E-state index in [1.54, 1.807) is 130 Å². The molecule has 8 rings (SSSR count). The van der Waals surface area contributed by atoms with Crippen molar-refractivity contribution in [2.75, 3.05) is 80.3 Å². The highest BCUT2D eigenvalue weighted by molar-refractivity contribution is 7.49. The van der Waals surface area contributed by atoms with Crippen LogP contribution in [0.1, 0.15) is 175 Å². The summed E-state index contributed by atoms with van der Waals surface area (Å²) < 4.78 is 180. The van der Waals surface area contributed by atoms with Crippen LogP contribution in [0.5, 0.6) is 46.0 Å². The van der Waals surface area contributed by atoms with E-state index in [0.29, 0.717) is 54.6 Å². The second-order valence-corrected chi connectivity index (χ2v) is 33.9. The molecular formula is C88H116ClO34P5. The van der Waals surface area contributed by atoms with Crippen LogP contribution in [0.25, 0.3) is 0 Å². The lowest BCUT2D eigenvalue weighted by molar-refractivity contribution is -0.132. The fourth-order valence-corrected chi connectivity index (χ4v) is 15.8. The van der Waals surface area contributed by atoms with Gasteiger partial charge in [0.1, 0.15) is 51.2 Å². The van der Waals surface area contributed by atoms with Crippen molar-refractivity contribution in [3.05, 3.63) is 237 Å². The van der Waals surface area contributed by atoms with Gasteiger partial charge in [0.05, 0.1) is 113 Å². The molecule has 0 heterocycles. The predicted molar refractivity (Wildman–Crippen MR) is 477 cm³/mol. The van der Waals surface area contributed by atoms with E-state index in [0.717, 1.165) is 11.1 Å². The lowest BCUT2D eigenvalue weighted by Crippen LogP contribution is -2.13. The number of para-hydroxylation sites is 3. The molecule has 128 heavy (non-hydrogen) atoms. The first-order valence-electron chi connectivity index (χ1n) is 40.5. The third-order valence-electron chi connectivity index (χ3n) is 15.0. The Bertz CT molecular complexity index is 4910. The third kappa shape index (κ3) is 43.2. The lowest BCUT2D eigenvalue weighted by atomic mass is 10.2. The number of rotatable bonds is 46. The Morgan fingerprint density at radius 1 is 0.273 bits per heavy atom. The van der Waals surface area contributed by atoms with Gasteiger partial charge in [-0.05, 0) is 177 Å². The second kappa shape index (κ2) is 61.6. The number of carbonyl (C=O) groups is 6. The van der Waals surface area contributed by atoms with E-state index < -0.39 is 74.9 Å². The van der Waals surface area contributed by atoms with Crippen LogP contribution < -0.4 is 37.9 Å². The van der Waals surface area contributed by atoms with Crippen molar-refractivity contribution in [1.29, 1.82) is 0 Å². The minimum absolute atomic E-state index is 0.0681. The van der Waals surface area contributed by atoms with E-state index in [1.165, 1.54) is 114 Å². The number of benzene rings is 8. The van der Waals surface area contributed by atoms with Gasteiger partial charge >= 0.3 is 74.9 Å². The Morgan fingerprint density at radius 2 is 0.562 bits per heavy atom. The number of hydrogen-bond acceptors (Lipinski definition) is 34. The van der Waals surface area contributed by atoms with Gasteiger partial charge in [0.25, 0.3) is 0 Å². The highest BCUT2D eigenvalue weighted by Gasteiger charge is 2.31. The Morgan fingerprint density at radius 3 is 0.906 bits per heavy atom. The number of ether oxygens (including phenoxy) is 8. The summed E-state index contributed by atoms with van der Waals surface area (Å²) in [6.45, 7) is 29.1. The van der Waals surface area contributed by atoms with E-state index >= 15 is 0 Å². The van der Waals surface area contributed by atoms with E-state index in [9.17, 15) is 51.6 Å². The fourth-order valence-electron chi connectivity index (χ4n) is 9.80. The molecule has 40 heteroatoms. The number of hydrogen-bond donors (Lipinski definition) is 0. The van der Waals surface area contributed by atoms with Crippen LogP contribution in [0, 0.1) is 6.92 Å². The number of carbonyl (C=O) groups excluding carboxylic acids is 6. The van der Waals surface area contributed by atoms with Crippen LogP contribution in [0.3, 0.4) is 0 Å². The van der Waals surface area contributed by atoms with E-state index in [2.05, 4.69) is 13.8 Å². The van der Waals surface area contributed by atoms with Gasteiger partial charge in [0.2, 0.25) is 0 Å². The molecule has 0 saturated carbocycles. The maximum absolute atomic E-state index is 12.7. The molecule has 34 nitrogen and oxygen atoms in total. The molecule has 0 radical (unpaired) electrons. The molecule has 0 aromatic heterocycles. The Hall–Kier alpha value is -8.98. The summed E-state index contributed by atoms with van der Waals surface area (Å²) >= 11 is 6.23. The largest absolute Gasteiger partial charge is 0.496 e. The molecule has 0 N–H and O–H groups in total. The van der Waals surface area contributed by atoms with Gasteiger partial charge in [0, 0.05) is 31.4 Å². The molecular weight excluding hydrogens is 1790 g/mol. The number of aryl methyl sites for hydroxylation is 1. The molecule has 0 bridgehead atoms. The number of methoxy groups -OCH3 is 2. The van der Waals surface area contributed by atoms with Crippen LogP contribution in [0.15, 0.2) is 182 Å². The molecule has 0 unspecified atom stereocenters. The molecule has 0 atom stereocenters. The Balaban J connectivity index is 0.000000419. The molecule has 0 saturated heterocycles. The highest BCUT2D eigenvalue weighted by Crippen LogP contribution is 2.54. The van der Waals surface area contributed by atoms with Crippen molar-refractivity contribution >= 4 is 86.5 Å². The molecule has 8 aromatic carbocycles. The van der Waals surface area contributed by atoms with Gasteiger partial charge in [-0.25, -0.2) is 37.2 Å². The van der Waals surface area contributed by atoms with E-state index in [4.69, 9.17) is 117 Å². The molecule has 8 aromatic rings. The van der Waals surface area contributed by atoms with Crippen LogP contribution >= 0.6 is 50.7 Å². The first-order valence-corrected chi connectivity index (χ1v) is 48.2. The second-order valence-electron chi connectivity index (χ2n) is 25.1. The zero-order valence-electron chi connectivity index (χ0n) is 75.1. The van der Waals surface area contributed by atoms with Gasteiger partial charge in [-0.1, -0.05) is 141 Å². The van der Waals surface area contributed by atoms with Crippen molar-refractivity contribution in [2.45, 2.75) is 150 Å². The summed E-state index contributed by atoms with van der Waals surface area (Å²) in [6, 6.07) is 49.8. The van der Waals surface area contributed by atoms with Crippen molar-refractivity contribution in [3.63, 3.8) is 0 Å². The summed E-state index contributed by atoms with van der Waals surface area (Å²) in [7, 11) is -15.0. The van der Waals surface area contributed by atoms with E-state index in [1.807, 2.05) is 61.5 Å². The lowest BCUT2D eigenvalue weighted by Gasteiger charge is -2.17. The summed E-state index contributed by atoms with van der Waals surface area (Å²) in [6.07, 6.45) is 1.25. The summed E-state index contributed by atoms with van der Waals surface area (Å²) in [5.74, 6) is -2.42. The predicted octanol–water partition coefficient (Wildman–Crippen LogP) is 22.8. The maximum Gasteiger partial charge on any atom is 0.475 e. The summed E-state index contributed by atoms with van der Waals surface area (Å²) in [5.41, 5.74) is 4.78. The number of phosphoric ester groups is 5. The molecule has 0 amide bonds. The zero-order chi connectivity index (χ0) is 95.1. The quantitative estimate of drug-likeness (QED) is 0.0194. The normalized spacial score (nSPS) is 11.1. The van der Waals surface area contributed by atoms with Gasteiger partial charge < -0.3 is 37.9 Å². The first-order chi connectivity index (χ1) is 61.1. The van der Waals surface area contributed by atoms with Gasteiger partial charge in [-0.2, -0.15) is 0 Å². The highest BCUT2D eigenvalue weighted by atomic mass is 35.5. The van der Waals surface area contributed by atoms with Gasteiger partial charge in [-0.15, -0.1) is 0 Å². The SMILES string of the molecule is CCC.CCOP(=O)(OCC)OCc1cc(OC(=O)c2ccccc2OC(C)=O)ccc1OC.CCOP(=O)(OCC)OCc1ccc(C)cc1.CCOP(=O)(OCC)OCc1ccc(OC(=O)c2ccccc2OC(C)=O)cc1Cl.CCOP(=O)(OCC)OCc1ccc(OC)c(OC(=O)c2ccccc2OC(C)=O)c1.CCOP(=O)(OCC)OCc1ccccc1. The Kier molecular flexibility index (Phi) is 54.4. The smallest absolute Gasteiger partial charge is 0.475 e. The number of phosphoric acid groups is 5. The molecule has 0 spiro atoms. The topological polar surface area (TPSA) is 400 Å². The maximum atomic E-state index is 12.7. The van der Waals surface area contributed by atoms with Gasteiger partial charge in [-0.3, -0.25) is 82.2 Å². The average Bonchev–Trinajstić information content (AvgIpc) is 1.15. The zero-order valence-corrected chi connectivity index (χ0v) is 80.4. The summed E-state index contributed by atoms with van der Waals surface area (Å²) in [5, 5.41) is 0.230. The van der Waals surface area contributed by atoms with Crippen molar-refractivity contribution < 1.29 is 157 Å². The van der Waals surface area contributed by atoms with Crippen molar-refractivity contribution in [1.82, 2.24) is 0 Å². The standard InChI is InChI=1S/2C21H25O9P.C20H22ClO8P.C12H19O4P.C11H17O4P.C3H8/c1-5-26-31(24,27-6-2)28-14-16-13-17(11-12-19(16)25-4)30-21(23)18-9-7-8-10-20(18)29-15(3)22;1-5-26-31(24,27-6-2)28-14-16-11-12-19(25-4)20(13-16)30-21(23)17-9-7-8-10-18(17)29-15(3)22;1-4-25-30(24,26-5-2)27-13-15-10-11-16(12-18(15)21)29-20(23)17-8-6-7-9-19(17)28-14(3)22;1-4-14-17(13,15-5-2)16-10-12-8-6-11(3)7-9-12;1-3-13-16(12,14-4-2)15-10-11-8-6-5-7-9-11;1-3-2/h2*7-13H,5-6,14H2,1-4H3;6-12H,4-5,13H2,1-3H3;6-9H,4-5,10H2,1-3H3;5-9H,3-4,10H2,1-2H3;3H2,1-2H3. The van der Waals surface area contributed by atoms with E-state index in [-0.39, 0.29) is 129 Å². The average molecular weight is 1910 g/mol. The first kappa shape index (κ1) is 113. The molecule has 0 aliphatic carbocycles. The van der Waals surface area contributed by atoms with Crippen LogP contribution in [-0.4, -0.2) is 116 Å². The molecule has 0 fully saturated rings. The van der Waals surface area contributed by atoms with Crippen molar-refractivity contribution in [2.24, 2.45) is 0 Å². The monoisotopic (exact) mass is 1910 g/mol. The third-order valence-corrected chi connectivity index (χ3v) is 23.3. The fraction of sp³-hybridized carbons (Fsp3) is 0.386. The van der Waals surface area contributed by atoms with Crippen molar-refractivity contribution in [3.8, 4) is 46.0 Å². The molecule has 704 valence electrons. The van der Waals surface area contributed by atoms with Crippen LogP contribution in [0.2, 0.25) is 5.02 Å².